The zero-order valence-corrected chi connectivity index (χ0v) is 21.4. The Kier molecular flexibility index (Phi) is 9.09. The number of carbonyl (C=O) groups is 1. The van der Waals surface area contributed by atoms with E-state index in [0.29, 0.717) is 15.8 Å². The van der Waals surface area contributed by atoms with E-state index in [2.05, 4.69) is 34.5 Å². The van der Waals surface area contributed by atoms with Gasteiger partial charge in [0, 0.05) is 36.6 Å². The first kappa shape index (κ1) is 27.8. The lowest BCUT2D eigenvalue weighted by Crippen LogP contribution is -2.38. The minimum Gasteiger partial charge on any atom is -0.463 e. The van der Waals surface area contributed by atoms with Gasteiger partial charge < -0.3 is 18.8 Å². The van der Waals surface area contributed by atoms with Crippen LogP contribution in [0.5, 0.6) is 17.4 Å². The van der Waals surface area contributed by atoms with Crippen LogP contribution in [-0.4, -0.2) is 33.3 Å². The molecule has 0 aliphatic rings. The maximum atomic E-state index is 14.8. The molecule has 0 bridgehead atoms. The van der Waals surface area contributed by atoms with Crippen molar-refractivity contribution in [3.05, 3.63) is 109 Å². The van der Waals surface area contributed by atoms with Crippen LogP contribution in [0.4, 0.5) is 4.39 Å². The van der Waals surface area contributed by atoms with Gasteiger partial charge in [-0.05, 0) is 50.1 Å². The Hall–Kier alpha value is -4.80. The summed E-state index contributed by atoms with van der Waals surface area (Å²) in [5.74, 6) is -1.74. The van der Waals surface area contributed by atoms with Crippen molar-refractivity contribution in [1.82, 2.24) is 14.1 Å². The van der Waals surface area contributed by atoms with E-state index in [4.69, 9.17) is 25.8 Å². The third-order valence-electron chi connectivity index (χ3n) is 4.96. The Morgan fingerprint density at radius 1 is 1.18 bits per heavy atom. The van der Waals surface area contributed by atoms with Crippen LogP contribution in [0.15, 0.2) is 81.2 Å². The predicted molar refractivity (Wildman–Crippen MR) is 137 cm³/mol. The van der Waals surface area contributed by atoms with E-state index in [9.17, 15) is 18.8 Å². The van der Waals surface area contributed by atoms with E-state index in [1.54, 1.807) is 13.8 Å². The van der Waals surface area contributed by atoms with Crippen molar-refractivity contribution in [2.45, 2.75) is 13.8 Å². The normalized spacial score (nSPS) is 9.92. The third kappa shape index (κ3) is 6.69. The molecule has 0 saturated carbocycles. The molecule has 11 heteroatoms. The molecule has 3 rings (SSSR count). The highest BCUT2D eigenvalue weighted by atomic mass is 35.5. The Morgan fingerprint density at radius 2 is 1.95 bits per heavy atom. The van der Waals surface area contributed by atoms with Gasteiger partial charge in [-0.25, -0.2) is 23.5 Å². The fourth-order valence-electron chi connectivity index (χ4n) is 2.98. The van der Waals surface area contributed by atoms with Crippen LogP contribution in [0.1, 0.15) is 12.6 Å². The molecule has 0 amide bonds. The molecule has 38 heavy (non-hydrogen) atoms. The van der Waals surface area contributed by atoms with Crippen LogP contribution >= 0.6 is 11.6 Å². The maximum absolute atomic E-state index is 14.8. The van der Waals surface area contributed by atoms with Crippen molar-refractivity contribution in [2.75, 3.05) is 13.2 Å². The SMILES string of the molecule is C=C=C=C=C=C(C)COC(=O)COc1ncccc1Oc1cc(-n2c(=O)cc(C)n(C)c2=O)c(F)cc1Cl. The summed E-state index contributed by atoms with van der Waals surface area (Å²) >= 11 is 6.17. The lowest BCUT2D eigenvalue weighted by Gasteiger charge is -2.15. The first-order valence-corrected chi connectivity index (χ1v) is 11.3. The van der Waals surface area contributed by atoms with Crippen molar-refractivity contribution in [3.8, 4) is 23.1 Å². The Balaban J connectivity index is 1.85. The van der Waals surface area contributed by atoms with Crippen molar-refractivity contribution < 1.29 is 23.4 Å². The number of hydrogen-bond donors (Lipinski definition) is 0. The Bertz CT molecular complexity index is 1680. The number of nitrogens with zero attached hydrogens (tertiary/aromatic N) is 3. The second-order valence-corrected chi connectivity index (χ2v) is 8.13. The number of benzene rings is 1. The molecule has 0 fully saturated rings. The quantitative estimate of drug-likeness (QED) is 0.317. The molecule has 0 unspecified atom stereocenters. The fraction of sp³-hybridized carbons (Fsp3) is 0.185. The number of pyridine rings is 1. The van der Waals surface area contributed by atoms with Gasteiger partial charge in [0.1, 0.15) is 18.2 Å². The molecule has 0 aliphatic heterocycles. The van der Waals surface area contributed by atoms with Gasteiger partial charge in [-0.1, -0.05) is 23.1 Å². The first-order valence-electron chi connectivity index (χ1n) is 10.9. The number of carbonyl (C=O) groups excluding carboxylic acids is 1. The van der Waals surface area contributed by atoms with Crippen LogP contribution < -0.4 is 20.7 Å². The van der Waals surface area contributed by atoms with E-state index < -0.39 is 29.6 Å². The van der Waals surface area contributed by atoms with Crippen LogP contribution in [0.3, 0.4) is 0 Å². The average Bonchev–Trinajstić information content (AvgIpc) is 2.88. The summed E-state index contributed by atoms with van der Waals surface area (Å²) < 4.78 is 33.0. The van der Waals surface area contributed by atoms with Gasteiger partial charge in [0.2, 0.25) is 0 Å². The van der Waals surface area contributed by atoms with Gasteiger partial charge in [-0.2, -0.15) is 0 Å². The van der Waals surface area contributed by atoms with Gasteiger partial charge in [-0.3, -0.25) is 4.79 Å². The lowest BCUT2D eigenvalue weighted by atomic mass is 10.2. The fourth-order valence-corrected chi connectivity index (χ4v) is 3.17. The van der Waals surface area contributed by atoms with E-state index in [1.165, 1.54) is 36.0 Å². The van der Waals surface area contributed by atoms with Crippen molar-refractivity contribution in [1.29, 1.82) is 0 Å². The maximum Gasteiger partial charge on any atom is 0.344 e. The van der Waals surface area contributed by atoms with Gasteiger partial charge >= 0.3 is 11.7 Å². The van der Waals surface area contributed by atoms with Crippen LogP contribution in [0, 0.1) is 12.7 Å². The highest BCUT2D eigenvalue weighted by molar-refractivity contribution is 6.32. The standard InChI is InChI=1S/C27H21ClFN3O6/c1-5-6-7-9-17(2)15-36-25(34)16-37-26-22(10-8-11-30-26)38-23-14-21(20(29)13-19(23)28)32-24(33)12-18(3)31(4)27(32)35/h8,10-14H,1,15-16H2,2-4H3. The number of halogens is 2. The number of rotatable bonds is 8. The van der Waals surface area contributed by atoms with Gasteiger partial charge in [-0.15, -0.1) is 0 Å². The first-order chi connectivity index (χ1) is 18.1. The van der Waals surface area contributed by atoms with Crippen LogP contribution in [0.25, 0.3) is 5.69 Å². The minimum atomic E-state index is -0.911. The second kappa shape index (κ2) is 12.4. The summed E-state index contributed by atoms with van der Waals surface area (Å²) in [6, 6.07) is 6.23. The van der Waals surface area contributed by atoms with Gasteiger partial charge in [0.05, 0.1) is 10.7 Å². The largest absolute Gasteiger partial charge is 0.463 e. The average molecular weight is 538 g/mol. The van der Waals surface area contributed by atoms with E-state index in [-0.39, 0.29) is 34.7 Å². The summed E-state index contributed by atoms with van der Waals surface area (Å²) in [6.07, 6.45) is 1.40. The molecule has 2 heterocycles. The van der Waals surface area contributed by atoms with Crippen molar-refractivity contribution in [3.63, 3.8) is 0 Å². The molecular formula is C27H21ClFN3O6. The topological polar surface area (TPSA) is 102 Å². The molecular weight excluding hydrogens is 517 g/mol. The highest BCUT2D eigenvalue weighted by Crippen LogP contribution is 2.35. The summed E-state index contributed by atoms with van der Waals surface area (Å²) in [5.41, 5.74) is 9.26. The monoisotopic (exact) mass is 537 g/mol. The molecule has 1 aromatic carbocycles. The predicted octanol–water partition coefficient (Wildman–Crippen LogP) is 3.94. The zero-order valence-electron chi connectivity index (χ0n) is 20.6. The number of aryl methyl sites for hydroxylation is 1. The number of esters is 1. The van der Waals surface area contributed by atoms with Crippen LogP contribution in [-0.2, 0) is 16.6 Å². The van der Waals surface area contributed by atoms with E-state index >= 15 is 0 Å². The molecule has 0 N–H and O–H groups in total. The van der Waals surface area contributed by atoms with Crippen molar-refractivity contribution in [2.24, 2.45) is 7.05 Å². The zero-order chi connectivity index (χ0) is 27.8. The molecule has 3 aromatic rings. The van der Waals surface area contributed by atoms with Gasteiger partial charge in [0.15, 0.2) is 12.4 Å². The molecule has 0 saturated heterocycles. The Morgan fingerprint density at radius 3 is 2.68 bits per heavy atom. The smallest absolute Gasteiger partial charge is 0.344 e. The molecule has 0 atom stereocenters. The molecule has 0 radical (unpaired) electrons. The Labute approximate surface area is 221 Å². The van der Waals surface area contributed by atoms with Crippen LogP contribution in [0.2, 0.25) is 5.02 Å². The summed E-state index contributed by atoms with van der Waals surface area (Å²) in [4.78, 5) is 41.3. The molecule has 2 aromatic heterocycles. The third-order valence-corrected chi connectivity index (χ3v) is 5.26. The summed E-state index contributed by atoms with van der Waals surface area (Å²) in [5, 5.41) is -0.145. The molecule has 9 nitrogen and oxygen atoms in total. The number of aromatic nitrogens is 3. The molecule has 0 spiro atoms. The van der Waals surface area contributed by atoms with Crippen molar-refractivity contribution >= 4 is 17.6 Å². The number of ether oxygens (including phenoxy) is 3. The van der Waals surface area contributed by atoms with E-state index in [1.807, 2.05) is 0 Å². The number of hydrogen-bond acceptors (Lipinski definition) is 7. The lowest BCUT2D eigenvalue weighted by molar-refractivity contribution is -0.145. The minimum absolute atomic E-state index is 0.0317. The molecule has 194 valence electrons. The highest BCUT2D eigenvalue weighted by Gasteiger charge is 2.18. The van der Waals surface area contributed by atoms with E-state index in [0.717, 1.165) is 12.1 Å². The second-order valence-electron chi connectivity index (χ2n) is 7.73. The summed E-state index contributed by atoms with van der Waals surface area (Å²) in [7, 11) is 1.45. The van der Waals surface area contributed by atoms with Gasteiger partial charge in [0.25, 0.3) is 11.4 Å². The molecule has 0 aliphatic carbocycles. The summed E-state index contributed by atoms with van der Waals surface area (Å²) in [6.45, 7) is 6.05.